The van der Waals surface area contributed by atoms with Crippen LogP contribution in [0.2, 0.25) is 0 Å². The lowest BCUT2D eigenvalue weighted by Gasteiger charge is -2.21. The molecule has 0 aliphatic carbocycles. The molecule has 0 saturated carbocycles. The van der Waals surface area contributed by atoms with Crippen LogP contribution in [0.25, 0.3) is 0 Å². The molecule has 0 saturated heterocycles. The van der Waals surface area contributed by atoms with Gasteiger partial charge in [-0.15, -0.1) is 0 Å². The van der Waals surface area contributed by atoms with E-state index in [1.54, 1.807) is 6.08 Å². The summed E-state index contributed by atoms with van der Waals surface area (Å²) in [7, 11) is -4.78. The van der Waals surface area contributed by atoms with Crippen molar-refractivity contribution in [3.05, 3.63) is 109 Å². The number of carbonyl (C=O) groups is 3. The van der Waals surface area contributed by atoms with E-state index in [4.69, 9.17) is 23.3 Å². The average Bonchev–Trinajstić information content (AvgIpc) is 3.39. The first-order valence-corrected chi connectivity index (χ1v) is 30.3. The summed E-state index contributed by atoms with van der Waals surface area (Å²) in [5.41, 5.74) is 0. The van der Waals surface area contributed by atoms with Gasteiger partial charge in [-0.05, 0) is 83.5 Å². The summed E-state index contributed by atoms with van der Waals surface area (Å²) in [6, 6.07) is 0. The van der Waals surface area contributed by atoms with E-state index in [9.17, 15) is 28.9 Å². The minimum atomic E-state index is -4.78. The molecule has 2 N–H and O–H groups in total. The Hall–Kier alpha value is -3.86. The molecule has 0 radical (unpaired) electrons. The van der Waals surface area contributed by atoms with Crippen LogP contribution in [0.1, 0.15) is 226 Å². The molecule has 0 spiro atoms. The van der Waals surface area contributed by atoms with Gasteiger partial charge in [-0.1, -0.05) is 233 Å². The summed E-state index contributed by atoms with van der Waals surface area (Å²) in [5.74, 6) is -1.65. The predicted molar refractivity (Wildman–Crippen MR) is 307 cm³/mol. The summed E-state index contributed by atoms with van der Waals surface area (Å²) in [6.07, 6.45) is 66.5. The van der Waals surface area contributed by atoms with E-state index >= 15 is 0 Å². The molecule has 0 fully saturated rings. The summed E-state index contributed by atoms with van der Waals surface area (Å²) in [6.45, 7) is 4.28. The summed E-state index contributed by atoms with van der Waals surface area (Å²) in [5, 5.41) is 9.82. The van der Waals surface area contributed by atoms with Gasteiger partial charge < -0.3 is 24.2 Å². The molecule has 74 heavy (non-hydrogen) atoms. The maximum Gasteiger partial charge on any atom is 0.472 e. The van der Waals surface area contributed by atoms with Crippen LogP contribution < -0.4 is 0 Å². The van der Waals surface area contributed by atoms with Crippen molar-refractivity contribution in [2.75, 3.05) is 26.4 Å². The highest BCUT2D eigenvalue weighted by Crippen LogP contribution is 2.43. The minimum Gasteiger partial charge on any atom is -0.461 e. The lowest BCUT2D eigenvalue weighted by Crippen LogP contribution is -2.30. The highest BCUT2D eigenvalue weighted by Gasteiger charge is 2.28. The molecule has 0 aromatic rings. The quantitative estimate of drug-likeness (QED) is 0.0197. The predicted octanol–water partition coefficient (Wildman–Crippen LogP) is 17.0. The van der Waals surface area contributed by atoms with Crippen LogP contribution in [-0.4, -0.2) is 66.5 Å². The lowest BCUT2D eigenvalue weighted by molar-refractivity contribution is -0.161. The number of hydrogen-bond donors (Lipinski definition) is 2. The molecule has 0 aliphatic rings. The number of aliphatic hydroxyl groups excluding tert-OH is 1. The molecule has 0 aromatic heterocycles. The first-order valence-electron chi connectivity index (χ1n) is 28.8. The van der Waals surface area contributed by atoms with Crippen molar-refractivity contribution in [2.45, 2.75) is 238 Å². The summed E-state index contributed by atoms with van der Waals surface area (Å²) in [4.78, 5) is 48.5. The summed E-state index contributed by atoms with van der Waals surface area (Å²) < 4.78 is 39.4. The van der Waals surface area contributed by atoms with Crippen molar-refractivity contribution in [3.63, 3.8) is 0 Å². The Morgan fingerprint density at radius 1 is 0.405 bits per heavy atom. The number of rotatable bonds is 52. The molecule has 3 atom stereocenters. The molecule has 0 heterocycles. The van der Waals surface area contributed by atoms with Gasteiger partial charge in [-0.2, -0.15) is 0 Å². The molecule has 0 amide bonds. The second kappa shape index (κ2) is 55.4. The Morgan fingerprint density at radius 3 is 1.15 bits per heavy atom. The van der Waals surface area contributed by atoms with E-state index in [0.29, 0.717) is 19.3 Å². The third-order valence-electron chi connectivity index (χ3n) is 11.7. The molecule has 0 bridgehead atoms. The Bertz CT molecular complexity index is 1660. The molecule has 0 aliphatic heterocycles. The van der Waals surface area contributed by atoms with Crippen molar-refractivity contribution in [1.29, 1.82) is 0 Å². The Balaban J connectivity index is 4.86. The van der Waals surface area contributed by atoms with Crippen LogP contribution in [0.3, 0.4) is 0 Å². The number of allylic oxidation sites excluding steroid dienone is 17. The first-order chi connectivity index (χ1) is 36.2. The van der Waals surface area contributed by atoms with Gasteiger partial charge in [0, 0.05) is 12.8 Å². The van der Waals surface area contributed by atoms with E-state index in [0.717, 1.165) is 96.3 Å². The van der Waals surface area contributed by atoms with Crippen LogP contribution in [0.15, 0.2) is 109 Å². The number of unbranched alkanes of at least 4 members (excludes halogenated alkanes) is 18. The van der Waals surface area contributed by atoms with Gasteiger partial charge in [-0.25, -0.2) is 4.57 Å². The SMILES string of the molecule is CC/C=C\C/C=C\C/C=C\C/C=C\C/C=C\CC(=O)OCC(COP(=O)(O)OCC(CO)OC(=O)CCCCCCCCCCCCCCCCC)OC(=O)CCCCCC/C=C\C/C=C\C/C=C\C/C=C\CC. The fourth-order valence-electron chi connectivity index (χ4n) is 7.42. The van der Waals surface area contributed by atoms with Gasteiger partial charge in [0.1, 0.15) is 12.7 Å². The Morgan fingerprint density at radius 2 is 0.743 bits per heavy atom. The monoisotopic (exact) mass is 1050 g/mol. The van der Waals surface area contributed by atoms with Crippen LogP contribution in [-0.2, 0) is 42.2 Å². The molecule has 12 heteroatoms. The van der Waals surface area contributed by atoms with Crippen molar-refractivity contribution < 1.29 is 52.2 Å². The zero-order valence-electron chi connectivity index (χ0n) is 46.5. The molecular weight excluding hydrogens is 952 g/mol. The number of aliphatic hydroxyl groups is 1. The maximum atomic E-state index is 12.9. The van der Waals surface area contributed by atoms with E-state index in [2.05, 4.69) is 112 Å². The smallest absolute Gasteiger partial charge is 0.461 e. The fraction of sp³-hybridized carbons (Fsp3) is 0.661. The van der Waals surface area contributed by atoms with Gasteiger partial charge in [0.25, 0.3) is 0 Å². The number of phosphoric acid groups is 1. The van der Waals surface area contributed by atoms with Crippen molar-refractivity contribution in [2.24, 2.45) is 0 Å². The van der Waals surface area contributed by atoms with Gasteiger partial charge in [0.15, 0.2) is 6.10 Å². The fourth-order valence-corrected chi connectivity index (χ4v) is 8.20. The van der Waals surface area contributed by atoms with Crippen LogP contribution >= 0.6 is 7.82 Å². The first kappa shape index (κ1) is 70.1. The standard InChI is InChI=1S/C62H103O11P/c1-4-7-10-13-16-19-22-25-28-29-32-35-38-41-44-47-50-53-62(66)73-59(55-69-60(64)51-48-45-42-39-36-33-30-26-23-20-17-14-11-8-5-2)57-71-74(67,68)70-56-58(54-63)72-61(65)52-49-46-43-40-37-34-31-27-24-21-18-15-12-9-6-3/h7-8,10-11,16-17,19-20,25-26,28,30,32,35-36,39,45,48,58-59,63H,4-6,9,12-15,18,21-24,27,29,31,33-34,37-38,40-44,46-47,49-57H2,1-3H3,(H,67,68)/b10-7-,11-8-,19-16-,20-17-,28-25-,30-26-,35-32-,39-36-,48-45-. The lowest BCUT2D eigenvalue weighted by atomic mass is 10.0. The molecule has 422 valence electrons. The van der Waals surface area contributed by atoms with Crippen LogP contribution in [0.5, 0.6) is 0 Å². The topological polar surface area (TPSA) is 155 Å². The average molecular weight is 1060 g/mol. The minimum absolute atomic E-state index is 0.0156. The second-order valence-corrected chi connectivity index (χ2v) is 20.2. The molecule has 0 aromatic carbocycles. The van der Waals surface area contributed by atoms with Gasteiger partial charge >= 0.3 is 25.7 Å². The molecule has 0 rings (SSSR count). The second-order valence-electron chi connectivity index (χ2n) is 18.7. The number of hydrogen-bond acceptors (Lipinski definition) is 10. The van der Waals surface area contributed by atoms with Gasteiger partial charge in [0.2, 0.25) is 0 Å². The van der Waals surface area contributed by atoms with E-state index in [1.807, 2.05) is 12.2 Å². The van der Waals surface area contributed by atoms with E-state index < -0.39 is 64.4 Å². The number of phosphoric ester groups is 1. The third kappa shape index (κ3) is 53.0. The highest BCUT2D eigenvalue weighted by molar-refractivity contribution is 7.47. The van der Waals surface area contributed by atoms with Crippen molar-refractivity contribution in [3.8, 4) is 0 Å². The number of carbonyl (C=O) groups excluding carboxylic acids is 3. The zero-order valence-corrected chi connectivity index (χ0v) is 47.4. The molecule has 11 nitrogen and oxygen atoms in total. The third-order valence-corrected chi connectivity index (χ3v) is 12.7. The largest absolute Gasteiger partial charge is 0.472 e. The normalized spacial score (nSPS) is 14.2. The van der Waals surface area contributed by atoms with Gasteiger partial charge in [0.05, 0.1) is 26.2 Å². The molecular formula is C62H103O11P. The number of ether oxygens (including phenoxy) is 3. The Kier molecular flexibility index (Phi) is 52.5. The summed E-state index contributed by atoms with van der Waals surface area (Å²) >= 11 is 0. The van der Waals surface area contributed by atoms with Crippen molar-refractivity contribution >= 4 is 25.7 Å². The zero-order chi connectivity index (χ0) is 54.1. The molecule has 3 unspecified atom stereocenters. The van der Waals surface area contributed by atoms with Crippen molar-refractivity contribution in [1.82, 2.24) is 0 Å². The van der Waals surface area contributed by atoms with E-state index in [-0.39, 0.29) is 19.3 Å². The van der Waals surface area contributed by atoms with Gasteiger partial charge in [-0.3, -0.25) is 23.4 Å². The Labute approximate surface area is 450 Å². The van der Waals surface area contributed by atoms with E-state index in [1.165, 1.54) is 70.6 Å². The maximum absolute atomic E-state index is 12.9. The van der Waals surface area contributed by atoms with Crippen LogP contribution in [0, 0.1) is 0 Å². The van der Waals surface area contributed by atoms with Crippen LogP contribution in [0.4, 0.5) is 0 Å². The number of esters is 3. The highest BCUT2D eigenvalue weighted by atomic mass is 31.2.